The van der Waals surface area contributed by atoms with Gasteiger partial charge < -0.3 is 14.4 Å². The van der Waals surface area contributed by atoms with Gasteiger partial charge in [0.15, 0.2) is 0 Å². The lowest BCUT2D eigenvalue weighted by Crippen LogP contribution is -2.51. The van der Waals surface area contributed by atoms with Gasteiger partial charge in [-0.1, -0.05) is 54.8 Å². The van der Waals surface area contributed by atoms with Crippen LogP contribution in [-0.2, 0) is 4.79 Å². The van der Waals surface area contributed by atoms with Crippen molar-refractivity contribution in [2.75, 3.05) is 26.2 Å². The summed E-state index contributed by atoms with van der Waals surface area (Å²) in [6, 6.07) is 19.8. The van der Waals surface area contributed by atoms with Crippen molar-refractivity contribution >= 4 is 23.4 Å². The molecule has 0 unspecified atom stereocenters. The van der Waals surface area contributed by atoms with Crippen molar-refractivity contribution in [2.45, 2.75) is 32.6 Å². The van der Waals surface area contributed by atoms with Crippen LogP contribution in [0.2, 0.25) is 5.02 Å². The van der Waals surface area contributed by atoms with Crippen LogP contribution in [0.5, 0.6) is 0 Å². The van der Waals surface area contributed by atoms with E-state index in [1.54, 1.807) is 0 Å². The third-order valence-electron chi connectivity index (χ3n) is 7.21. The molecule has 0 atom stereocenters. The highest BCUT2D eigenvalue weighted by Gasteiger charge is 2.32. The van der Waals surface area contributed by atoms with Gasteiger partial charge in [-0.2, -0.15) is 0 Å². The number of carbonyl (C=O) groups is 2. The molecule has 34 heavy (non-hydrogen) atoms. The van der Waals surface area contributed by atoms with Crippen LogP contribution in [0.4, 0.5) is 0 Å². The number of piperazine rings is 1. The molecule has 0 spiro atoms. The zero-order valence-corrected chi connectivity index (χ0v) is 20.3. The van der Waals surface area contributed by atoms with Gasteiger partial charge in [-0.15, -0.1) is 0 Å². The minimum absolute atomic E-state index is 0.0235. The first-order valence-electron chi connectivity index (χ1n) is 12.1. The number of carbonyl (C=O) groups excluding carboxylic acids is 2. The summed E-state index contributed by atoms with van der Waals surface area (Å²) in [7, 11) is 0. The molecule has 2 amide bonds. The van der Waals surface area contributed by atoms with E-state index in [9.17, 15) is 9.59 Å². The number of para-hydroxylation sites is 1. The molecule has 1 aromatic heterocycles. The highest BCUT2D eigenvalue weighted by atomic mass is 35.5. The van der Waals surface area contributed by atoms with E-state index in [1.165, 1.54) is 0 Å². The highest BCUT2D eigenvalue weighted by molar-refractivity contribution is 6.30. The summed E-state index contributed by atoms with van der Waals surface area (Å²) in [5, 5.41) is 0.680. The Labute approximate surface area is 205 Å². The fraction of sp³-hybridized carbons (Fsp3) is 0.357. The van der Waals surface area contributed by atoms with Crippen LogP contribution in [0.3, 0.4) is 0 Å². The Balaban J connectivity index is 1.41. The number of rotatable bonds is 4. The topological polar surface area (TPSA) is 45.6 Å². The number of hydrogen-bond acceptors (Lipinski definition) is 2. The van der Waals surface area contributed by atoms with Crippen LogP contribution >= 0.6 is 11.6 Å². The molecule has 0 radical (unpaired) electrons. The predicted molar refractivity (Wildman–Crippen MR) is 135 cm³/mol. The Kier molecular flexibility index (Phi) is 6.46. The van der Waals surface area contributed by atoms with Gasteiger partial charge >= 0.3 is 0 Å². The zero-order chi connectivity index (χ0) is 23.7. The summed E-state index contributed by atoms with van der Waals surface area (Å²) >= 11 is 6.12. The van der Waals surface area contributed by atoms with Crippen LogP contribution in [0.25, 0.3) is 16.9 Å². The van der Waals surface area contributed by atoms with Gasteiger partial charge in [-0.05, 0) is 55.7 Å². The van der Waals surface area contributed by atoms with E-state index >= 15 is 0 Å². The van der Waals surface area contributed by atoms with Crippen LogP contribution in [-0.4, -0.2) is 52.4 Å². The second-order valence-corrected chi connectivity index (χ2v) is 9.74. The summed E-state index contributed by atoms with van der Waals surface area (Å²) in [5.74, 6) is 0.489. The second kappa shape index (κ2) is 9.67. The Morgan fingerprint density at radius 2 is 1.47 bits per heavy atom. The smallest absolute Gasteiger partial charge is 0.255 e. The molecule has 0 bridgehead atoms. The predicted octanol–water partition coefficient (Wildman–Crippen LogP) is 5.58. The Morgan fingerprint density at radius 1 is 0.853 bits per heavy atom. The Morgan fingerprint density at radius 3 is 2.12 bits per heavy atom. The van der Waals surface area contributed by atoms with Crippen molar-refractivity contribution in [3.8, 4) is 16.9 Å². The summed E-state index contributed by atoms with van der Waals surface area (Å²) in [6.07, 6.45) is 4.33. The van der Waals surface area contributed by atoms with E-state index in [0.29, 0.717) is 36.8 Å². The van der Waals surface area contributed by atoms with Crippen molar-refractivity contribution in [2.24, 2.45) is 5.92 Å². The first-order valence-corrected chi connectivity index (χ1v) is 12.5. The molecular formula is C28H30ClN3O2. The largest absolute Gasteiger partial charge is 0.339 e. The lowest BCUT2D eigenvalue weighted by molar-refractivity contribution is -0.136. The number of amides is 2. The van der Waals surface area contributed by atoms with Gasteiger partial charge in [-0.3, -0.25) is 9.59 Å². The summed E-state index contributed by atoms with van der Waals surface area (Å²) in [5.41, 5.74) is 4.58. The summed E-state index contributed by atoms with van der Waals surface area (Å²) in [4.78, 5) is 30.3. The quantitative estimate of drug-likeness (QED) is 0.494. The minimum Gasteiger partial charge on any atom is -0.339 e. The van der Waals surface area contributed by atoms with Gasteiger partial charge in [0.2, 0.25) is 5.91 Å². The average molecular weight is 476 g/mol. The molecule has 2 aliphatic rings. The van der Waals surface area contributed by atoms with Crippen molar-refractivity contribution in [1.29, 1.82) is 0 Å². The van der Waals surface area contributed by atoms with E-state index in [0.717, 1.165) is 48.3 Å². The molecule has 3 aromatic rings. The van der Waals surface area contributed by atoms with E-state index in [4.69, 9.17) is 11.6 Å². The average Bonchev–Trinajstić information content (AvgIpc) is 3.53. The molecule has 1 aliphatic heterocycles. The molecule has 2 aromatic carbocycles. The second-order valence-electron chi connectivity index (χ2n) is 9.31. The van der Waals surface area contributed by atoms with Crippen molar-refractivity contribution < 1.29 is 9.59 Å². The maximum absolute atomic E-state index is 13.6. The Bertz CT molecular complexity index is 1170. The normalized spacial score (nSPS) is 16.8. The molecule has 2 heterocycles. The van der Waals surface area contributed by atoms with E-state index < -0.39 is 0 Å². The van der Waals surface area contributed by atoms with E-state index in [-0.39, 0.29) is 17.7 Å². The molecular weight excluding hydrogens is 446 g/mol. The maximum atomic E-state index is 13.6. The lowest BCUT2D eigenvalue weighted by Gasteiger charge is -2.36. The fourth-order valence-corrected chi connectivity index (χ4v) is 5.42. The summed E-state index contributed by atoms with van der Waals surface area (Å²) < 4.78 is 2.14. The van der Waals surface area contributed by atoms with Gasteiger partial charge in [0.25, 0.3) is 5.91 Å². The van der Waals surface area contributed by atoms with Crippen molar-refractivity contribution in [1.82, 2.24) is 14.4 Å². The fourth-order valence-electron chi connectivity index (χ4n) is 5.30. The monoisotopic (exact) mass is 475 g/mol. The number of halogens is 1. The molecule has 5 rings (SSSR count). The zero-order valence-electron chi connectivity index (χ0n) is 19.5. The maximum Gasteiger partial charge on any atom is 0.255 e. The van der Waals surface area contributed by atoms with Crippen LogP contribution in [0.1, 0.15) is 41.7 Å². The first-order chi connectivity index (χ1) is 16.5. The number of hydrogen-bond donors (Lipinski definition) is 0. The number of nitrogens with zero attached hydrogens (tertiary/aromatic N) is 3. The molecule has 1 saturated heterocycles. The highest BCUT2D eigenvalue weighted by Crippen LogP contribution is 2.31. The molecule has 1 saturated carbocycles. The van der Waals surface area contributed by atoms with Crippen LogP contribution in [0.15, 0.2) is 60.7 Å². The molecule has 0 N–H and O–H groups in total. The number of aromatic nitrogens is 1. The van der Waals surface area contributed by atoms with Crippen molar-refractivity contribution in [3.05, 3.63) is 76.9 Å². The summed E-state index contributed by atoms with van der Waals surface area (Å²) in [6.45, 7) is 4.37. The van der Waals surface area contributed by atoms with Crippen LogP contribution in [0, 0.1) is 12.8 Å². The lowest BCUT2D eigenvalue weighted by atomic mass is 10.1. The molecule has 176 valence electrons. The van der Waals surface area contributed by atoms with Gasteiger partial charge in [0.1, 0.15) is 0 Å². The Hall–Kier alpha value is -3.05. The minimum atomic E-state index is 0.0235. The molecule has 5 nitrogen and oxygen atoms in total. The first kappa shape index (κ1) is 22.7. The SMILES string of the molecule is Cc1c(C(=O)N2CCN(C(=O)C3CCCC3)CC2)cc(-c2ccc(Cl)cc2)n1-c1ccccc1. The van der Waals surface area contributed by atoms with Crippen LogP contribution < -0.4 is 0 Å². The van der Waals surface area contributed by atoms with E-state index in [2.05, 4.69) is 4.57 Å². The van der Waals surface area contributed by atoms with Crippen molar-refractivity contribution in [3.63, 3.8) is 0 Å². The standard InChI is InChI=1S/C28H30ClN3O2/c1-20-25(28(34)31-17-15-30(16-18-31)27(33)22-7-5-6-8-22)19-26(21-11-13-23(29)14-12-21)32(20)24-9-3-2-4-10-24/h2-4,9-14,19,22H,5-8,15-18H2,1H3. The van der Waals surface area contributed by atoms with Gasteiger partial charge in [0.05, 0.1) is 11.3 Å². The van der Waals surface area contributed by atoms with Gasteiger partial charge in [0, 0.05) is 48.5 Å². The molecule has 1 aliphatic carbocycles. The third kappa shape index (κ3) is 4.37. The third-order valence-corrected chi connectivity index (χ3v) is 7.47. The molecule has 2 fully saturated rings. The number of benzene rings is 2. The van der Waals surface area contributed by atoms with Gasteiger partial charge in [-0.25, -0.2) is 0 Å². The van der Waals surface area contributed by atoms with E-state index in [1.807, 2.05) is 77.4 Å². The molecule has 6 heteroatoms.